The lowest BCUT2D eigenvalue weighted by molar-refractivity contribution is 0.305. The first-order valence-electron chi connectivity index (χ1n) is 5.84. The summed E-state index contributed by atoms with van der Waals surface area (Å²) in [6, 6.07) is 13.9. The highest BCUT2D eigenvalue weighted by Crippen LogP contribution is 2.24. The van der Waals surface area contributed by atoms with E-state index in [1.807, 2.05) is 30.3 Å². The van der Waals surface area contributed by atoms with E-state index in [4.69, 9.17) is 22.7 Å². The molecule has 0 bridgehead atoms. The summed E-state index contributed by atoms with van der Waals surface area (Å²) in [6.07, 6.45) is 0. The molecule has 2 rings (SSSR count). The van der Waals surface area contributed by atoms with Gasteiger partial charge in [-0.3, -0.25) is 0 Å². The molecule has 0 aliphatic carbocycles. The van der Waals surface area contributed by atoms with Crippen LogP contribution in [0.25, 0.3) is 0 Å². The fraction of sp³-hybridized carbons (Fsp3) is 0.133. The molecule has 0 spiro atoms. The third-order valence-corrected chi connectivity index (χ3v) is 3.40. The lowest BCUT2D eigenvalue weighted by atomic mass is 10.1. The molecule has 4 heteroatoms. The van der Waals surface area contributed by atoms with Gasteiger partial charge in [-0.05, 0) is 30.7 Å². The average molecular weight is 336 g/mol. The number of halogens is 1. The van der Waals surface area contributed by atoms with Crippen molar-refractivity contribution in [3.05, 3.63) is 63.6 Å². The van der Waals surface area contributed by atoms with Crippen LogP contribution >= 0.6 is 28.1 Å². The number of hydrogen-bond donors (Lipinski definition) is 1. The van der Waals surface area contributed by atoms with Crippen molar-refractivity contribution in [3.8, 4) is 5.75 Å². The van der Waals surface area contributed by atoms with Crippen molar-refractivity contribution in [2.45, 2.75) is 13.5 Å². The van der Waals surface area contributed by atoms with Crippen LogP contribution in [0, 0.1) is 6.92 Å². The third-order valence-electron chi connectivity index (χ3n) is 2.68. The Bertz CT molecular complexity index is 613. The van der Waals surface area contributed by atoms with Crippen molar-refractivity contribution in [2.24, 2.45) is 5.73 Å². The molecule has 0 aliphatic heterocycles. The van der Waals surface area contributed by atoms with Gasteiger partial charge in [0.25, 0.3) is 0 Å². The largest absolute Gasteiger partial charge is 0.488 e. The zero-order valence-electron chi connectivity index (χ0n) is 10.5. The first-order chi connectivity index (χ1) is 9.06. The summed E-state index contributed by atoms with van der Waals surface area (Å²) in [6.45, 7) is 2.56. The van der Waals surface area contributed by atoms with Crippen LogP contribution in [0.3, 0.4) is 0 Å². The second kappa shape index (κ2) is 6.17. The van der Waals surface area contributed by atoms with E-state index in [2.05, 4.69) is 35.0 Å². The second-order valence-electron chi connectivity index (χ2n) is 4.28. The maximum absolute atomic E-state index is 5.81. The Labute approximate surface area is 126 Å². The second-order valence-corrected chi connectivity index (χ2v) is 5.64. The third kappa shape index (κ3) is 3.78. The van der Waals surface area contributed by atoms with E-state index < -0.39 is 0 Å². The number of ether oxygens (including phenoxy) is 1. The minimum absolute atomic E-state index is 0.334. The van der Waals surface area contributed by atoms with Crippen molar-refractivity contribution in [3.63, 3.8) is 0 Å². The van der Waals surface area contributed by atoms with E-state index in [0.29, 0.717) is 17.3 Å². The first kappa shape index (κ1) is 14.0. The van der Waals surface area contributed by atoms with E-state index in [1.165, 1.54) is 5.56 Å². The maximum Gasteiger partial charge on any atom is 0.130 e. The van der Waals surface area contributed by atoms with Gasteiger partial charge in [-0.2, -0.15) is 0 Å². The van der Waals surface area contributed by atoms with Crippen LogP contribution in [0.4, 0.5) is 0 Å². The van der Waals surface area contributed by atoms with Crippen LogP contribution in [0.5, 0.6) is 5.75 Å². The molecule has 0 unspecified atom stereocenters. The maximum atomic E-state index is 5.81. The molecule has 98 valence electrons. The summed E-state index contributed by atoms with van der Waals surface area (Å²) in [4.78, 5) is 0.334. The Balaban J connectivity index is 2.17. The first-order valence-corrected chi connectivity index (χ1v) is 7.04. The summed E-state index contributed by atoms with van der Waals surface area (Å²) < 4.78 is 6.74. The predicted molar refractivity (Wildman–Crippen MR) is 85.5 cm³/mol. The molecular weight excluding hydrogens is 322 g/mol. The zero-order valence-corrected chi connectivity index (χ0v) is 12.9. The zero-order chi connectivity index (χ0) is 13.8. The van der Waals surface area contributed by atoms with Crippen LogP contribution in [0.1, 0.15) is 16.7 Å². The van der Waals surface area contributed by atoms with Gasteiger partial charge in [-0.25, -0.2) is 0 Å². The van der Waals surface area contributed by atoms with Crippen LogP contribution in [0.2, 0.25) is 0 Å². The smallest absolute Gasteiger partial charge is 0.130 e. The monoisotopic (exact) mass is 335 g/mol. The van der Waals surface area contributed by atoms with Gasteiger partial charge in [-0.1, -0.05) is 58.0 Å². The Morgan fingerprint density at radius 1 is 1.26 bits per heavy atom. The van der Waals surface area contributed by atoms with E-state index >= 15 is 0 Å². The molecule has 0 aliphatic rings. The molecule has 0 aromatic heterocycles. The minimum atomic E-state index is 0.334. The van der Waals surface area contributed by atoms with Crippen LogP contribution in [-0.2, 0) is 6.61 Å². The van der Waals surface area contributed by atoms with Gasteiger partial charge < -0.3 is 10.5 Å². The van der Waals surface area contributed by atoms with Crippen LogP contribution in [-0.4, -0.2) is 4.99 Å². The van der Waals surface area contributed by atoms with Gasteiger partial charge in [-0.15, -0.1) is 0 Å². The summed E-state index contributed by atoms with van der Waals surface area (Å²) in [7, 11) is 0. The van der Waals surface area contributed by atoms with E-state index in [-0.39, 0.29) is 0 Å². The normalized spacial score (nSPS) is 10.2. The van der Waals surface area contributed by atoms with Crippen molar-refractivity contribution in [1.29, 1.82) is 0 Å². The summed E-state index contributed by atoms with van der Waals surface area (Å²) in [5, 5.41) is 0. The number of hydrogen-bond acceptors (Lipinski definition) is 2. The molecule has 0 amide bonds. The molecule has 0 atom stereocenters. The lowest BCUT2D eigenvalue weighted by Gasteiger charge is -2.11. The van der Waals surface area contributed by atoms with E-state index in [9.17, 15) is 0 Å². The number of rotatable bonds is 4. The molecule has 0 radical (unpaired) electrons. The lowest BCUT2D eigenvalue weighted by Crippen LogP contribution is -2.11. The Hall–Kier alpha value is -1.39. The Kier molecular flexibility index (Phi) is 4.56. The predicted octanol–water partition coefficient (Wildman–Crippen LogP) is 3.97. The molecule has 0 fully saturated rings. The van der Waals surface area contributed by atoms with Gasteiger partial charge in [0.15, 0.2) is 0 Å². The minimum Gasteiger partial charge on any atom is -0.488 e. The summed E-state index contributed by atoms with van der Waals surface area (Å²) in [5.41, 5.74) is 8.79. The molecule has 2 aromatic rings. The molecule has 19 heavy (non-hydrogen) atoms. The highest BCUT2D eigenvalue weighted by atomic mass is 79.9. The summed E-state index contributed by atoms with van der Waals surface area (Å²) >= 11 is 8.44. The van der Waals surface area contributed by atoms with Crippen LogP contribution < -0.4 is 10.5 Å². The topological polar surface area (TPSA) is 35.2 Å². The molecule has 2 N–H and O–H groups in total. The quantitative estimate of drug-likeness (QED) is 0.858. The van der Waals surface area contributed by atoms with E-state index in [0.717, 1.165) is 15.6 Å². The fourth-order valence-corrected chi connectivity index (χ4v) is 2.30. The van der Waals surface area contributed by atoms with Gasteiger partial charge in [0.2, 0.25) is 0 Å². The molecule has 2 nitrogen and oxygen atoms in total. The molecule has 2 aromatic carbocycles. The van der Waals surface area contributed by atoms with Crippen molar-refractivity contribution in [1.82, 2.24) is 0 Å². The van der Waals surface area contributed by atoms with Crippen molar-refractivity contribution >= 4 is 33.1 Å². The molecule has 0 saturated heterocycles. The van der Waals surface area contributed by atoms with Gasteiger partial charge in [0.05, 0.1) is 5.56 Å². The molecule has 0 saturated carbocycles. The van der Waals surface area contributed by atoms with Crippen LogP contribution in [0.15, 0.2) is 46.9 Å². The van der Waals surface area contributed by atoms with E-state index in [1.54, 1.807) is 0 Å². The molecule has 0 heterocycles. The Morgan fingerprint density at radius 2 is 2.05 bits per heavy atom. The van der Waals surface area contributed by atoms with Gasteiger partial charge in [0, 0.05) is 4.47 Å². The number of benzene rings is 2. The summed E-state index contributed by atoms with van der Waals surface area (Å²) in [5.74, 6) is 0.706. The number of nitrogens with two attached hydrogens (primary N) is 1. The number of thiocarbonyl (C=S) groups is 1. The highest BCUT2D eigenvalue weighted by Gasteiger charge is 2.07. The SMILES string of the molecule is Cc1cccc(COc2ccc(Br)cc2C(N)=S)c1. The Morgan fingerprint density at radius 3 is 2.74 bits per heavy atom. The van der Waals surface area contributed by atoms with Gasteiger partial charge in [0.1, 0.15) is 17.3 Å². The average Bonchev–Trinajstić information content (AvgIpc) is 2.37. The van der Waals surface area contributed by atoms with Gasteiger partial charge >= 0.3 is 0 Å². The van der Waals surface area contributed by atoms with Crippen molar-refractivity contribution < 1.29 is 4.74 Å². The highest BCUT2D eigenvalue weighted by molar-refractivity contribution is 9.10. The standard InChI is InChI=1S/C15H14BrNOS/c1-10-3-2-4-11(7-10)9-18-14-6-5-12(16)8-13(14)15(17)19/h2-8H,9H2,1H3,(H2,17,19). The number of aryl methyl sites for hydroxylation is 1. The molecular formula is C15H14BrNOS. The fourth-order valence-electron chi connectivity index (χ4n) is 1.78. The van der Waals surface area contributed by atoms with Crippen molar-refractivity contribution in [2.75, 3.05) is 0 Å².